The number of pyridine rings is 1. The van der Waals surface area contributed by atoms with Gasteiger partial charge in [-0.15, -0.1) is 0 Å². The zero-order valence-corrected chi connectivity index (χ0v) is 12.5. The van der Waals surface area contributed by atoms with E-state index in [0.29, 0.717) is 28.3 Å². The molecule has 1 N–H and O–H groups in total. The second-order valence-electron chi connectivity index (χ2n) is 5.14. The van der Waals surface area contributed by atoms with E-state index in [1.54, 1.807) is 18.5 Å². The third-order valence-electron chi connectivity index (χ3n) is 3.80. The minimum absolute atomic E-state index is 0.0801. The van der Waals surface area contributed by atoms with Crippen LogP contribution < -0.4 is 4.74 Å². The van der Waals surface area contributed by atoms with Crippen molar-refractivity contribution in [3.05, 3.63) is 54.5 Å². The van der Waals surface area contributed by atoms with Crippen LogP contribution in [0.5, 0.6) is 5.75 Å². The van der Waals surface area contributed by atoms with Crippen molar-refractivity contribution in [2.45, 2.75) is 0 Å². The van der Waals surface area contributed by atoms with Gasteiger partial charge >= 0.3 is 0 Å². The van der Waals surface area contributed by atoms with Gasteiger partial charge in [0.15, 0.2) is 17.4 Å². The Morgan fingerprint density at radius 3 is 2.83 bits per heavy atom. The van der Waals surface area contributed by atoms with E-state index in [1.165, 1.54) is 25.4 Å². The number of hydrogen-bond donors (Lipinski definition) is 1. The van der Waals surface area contributed by atoms with Crippen LogP contribution >= 0.6 is 0 Å². The maximum absolute atomic E-state index is 14.1. The molecule has 0 atom stereocenters. The summed E-state index contributed by atoms with van der Waals surface area (Å²) in [4.78, 5) is 7.25. The number of halogens is 2. The van der Waals surface area contributed by atoms with Gasteiger partial charge in [0.25, 0.3) is 0 Å². The van der Waals surface area contributed by atoms with Crippen LogP contribution in [-0.2, 0) is 0 Å². The first-order chi connectivity index (χ1) is 11.7. The molecule has 5 nitrogen and oxygen atoms in total. The second kappa shape index (κ2) is 5.45. The topological polar surface area (TPSA) is 63.9 Å². The predicted octanol–water partition coefficient (Wildman–Crippen LogP) is 4.17. The molecule has 1 aromatic carbocycles. The summed E-state index contributed by atoms with van der Waals surface area (Å²) >= 11 is 0. The molecule has 4 aromatic rings. The van der Waals surface area contributed by atoms with Crippen molar-refractivity contribution in [3.8, 4) is 28.2 Å². The van der Waals surface area contributed by atoms with E-state index in [0.717, 1.165) is 11.5 Å². The summed E-state index contributed by atoms with van der Waals surface area (Å²) in [7, 11) is 1.54. The predicted molar refractivity (Wildman–Crippen MR) is 83.5 cm³/mol. The molecule has 120 valence electrons. The minimum atomic E-state index is -0.947. The van der Waals surface area contributed by atoms with E-state index >= 15 is 0 Å². The maximum Gasteiger partial charge on any atom is 0.176 e. The first-order valence-electron chi connectivity index (χ1n) is 7.09. The largest absolute Gasteiger partial charge is 0.495 e. The van der Waals surface area contributed by atoms with Gasteiger partial charge in [-0.3, -0.25) is 0 Å². The fourth-order valence-electron chi connectivity index (χ4n) is 2.62. The number of aromatic amines is 1. The molecule has 7 heteroatoms. The molecular formula is C17H11F2N3O2. The highest BCUT2D eigenvalue weighted by Crippen LogP contribution is 2.37. The highest BCUT2D eigenvalue weighted by molar-refractivity contribution is 5.96. The lowest BCUT2D eigenvalue weighted by Gasteiger charge is -2.04. The van der Waals surface area contributed by atoms with E-state index in [2.05, 4.69) is 15.1 Å². The first-order valence-corrected chi connectivity index (χ1v) is 7.09. The average Bonchev–Trinajstić information content (AvgIpc) is 3.22. The number of benzene rings is 1. The normalized spacial score (nSPS) is 11.1. The highest BCUT2D eigenvalue weighted by atomic mass is 19.2. The average molecular weight is 327 g/mol. The Morgan fingerprint density at radius 2 is 2.00 bits per heavy atom. The summed E-state index contributed by atoms with van der Waals surface area (Å²) in [6.07, 6.45) is 4.62. The van der Waals surface area contributed by atoms with Crippen molar-refractivity contribution in [3.63, 3.8) is 0 Å². The molecular weight excluding hydrogens is 316 g/mol. The molecule has 0 unspecified atom stereocenters. The van der Waals surface area contributed by atoms with E-state index in [1.807, 2.05) is 0 Å². The van der Waals surface area contributed by atoms with Crippen LogP contribution in [0.25, 0.3) is 33.5 Å². The SMILES string of the molecule is COc1cnc2[nH]cc(-c3oncc3-c3cccc(F)c3F)c2c1. The summed E-state index contributed by atoms with van der Waals surface area (Å²) in [6.45, 7) is 0. The fourth-order valence-corrected chi connectivity index (χ4v) is 2.62. The molecule has 0 saturated heterocycles. The van der Waals surface area contributed by atoms with Crippen LogP contribution in [-0.4, -0.2) is 22.2 Å². The highest BCUT2D eigenvalue weighted by Gasteiger charge is 2.20. The Balaban J connectivity index is 1.94. The van der Waals surface area contributed by atoms with Crippen molar-refractivity contribution >= 4 is 11.0 Å². The Bertz CT molecular complexity index is 1040. The van der Waals surface area contributed by atoms with Crippen LogP contribution in [0.4, 0.5) is 8.78 Å². The number of ether oxygens (including phenoxy) is 1. The Labute approximate surface area is 134 Å². The Morgan fingerprint density at radius 1 is 1.12 bits per heavy atom. The summed E-state index contributed by atoms with van der Waals surface area (Å²) in [5, 5.41) is 4.47. The van der Waals surface area contributed by atoms with Crippen molar-refractivity contribution in [1.29, 1.82) is 0 Å². The number of methoxy groups -OCH3 is 1. The van der Waals surface area contributed by atoms with Gasteiger partial charge in [0.05, 0.1) is 25.1 Å². The number of H-pyrrole nitrogens is 1. The van der Waals surface area contributed by atoms with Crippen LogP contribution in [0.3, 0.4) is 0 Å². The minimum Gasteiger partial charge on any atom is -0.495 e. The van der Waals surface area contributed by atoms with Crippen molar-refractivity contribution in [2.24, 2.45) is 0 Å². The van der Waals surface area contributed by atoms with E-state index in [4.69, 9.17) is 9.26 Å². The van der Waals surface area contributed by atoms with Gasteiger partial charge in [0.2, 0.25) is 0 Å². The molecule has 0 aliphatic heterocycles. The quantitative estimate of drug-likeness (QED) is 0.613. The number of nitrogens with one attached hydrogen (secondary N) is 1. The number of hydrogen-bond acceptors (Lipinski definition) is 4. The summed E-state index contributed by atoms with van der Waals surface area (Å²) < 4.78 is 38.2. The summed E-state index contributed by atoms with van der Waals surface area (Å²) in [5.74, 6) is -0.985. The van der Waals surface area contributed by atoms with Crippen LogP contribution in [0, 0.1) is 11.6 Å². The summed E-state index contributed by atoms with van der Waals surface area (Å²) in [5.41, 5.74) is 1.69. The third kappa shape index (κ3) is 2.13. The van der Waals surface area contributed by atoms with Crippen molar-refractivity contribution in [2.75, 3.05) is 7.11 Å². The van der Waals surface area contributed by atoms with Gasteiger partial charge in [0.1, 0.15) is 11.4 Å². The van der Waals surface area contributed by atoms with Gasteiger partial charge in [-0.2, -0.15) is 0 Å². The van der Waals surface area contributed by atoms with E-state index in [9.17, 15) is 8.78 Å². The number of fused-ring (bicyclic) bond motifs is 1. The lowest BCUT2D eigenvalue weighted by Crippen LogP contribution is -1.89. The Hall–Kier alpha value is -3.22. The monoisotopic (exact) mass is 327 g/mol. The van der Waals surface area contributed by atoms with E-state index < -0.39 is 11.6 Å². The molecule has 0 aliphatic rings. The molecule has 0 amide bonds. The number of aromatic nitrogens is 3. The number of rotatable bonds is 3. The van der Waals surface area contributed by atoms with Crippen LogP contribution in [0.1, 0.15) is 0 Å². The molecule has 0 bridgehead atoms. The molecule has 0 aliphatic carbocycles. The van der Waals surface area contributed by atoms with E-state index in [-0.39, 0.29) is 5.56 Å². The van der Waals surface area contributed by atoms with Crippen molar-refractivity contribution in [1.82, 2.24) is 15.1 Å². The molecule has 0 radical (unpaired) electrons. The molecule has 4 rings (SSSR count). The lowest BCUT2D eigenvalue weighted by atomic mass is 10.0. The van der Waals surface area contributed by atoms with Crippen molar-refractivity contribution < 1.29 is 18.0 Å². The third-order valence-corrected chi connectivity index (χ3v) is 3.80. The lowest BCUT2D eigenvalue weighted by molar-refractivity contribution is 0.413. The van der Waals surface area contributed by atoms with Crippen LogP contribution in [0.2, 0.25) is 0 Å². The Kier molecular flexibility index (Phi) is 3.26. The number of nitrogens with zero attached hydrogens (tertiary/aromatic N) is 2. The zero-order chi connectivity index (χ0) is 16.7. The molecule has 0 fully saturated rings. The van der Waals surface area contributed by atoms with Gasteiger partial charge < -0.3 is 14.2 Å². The van der Waals surface area contributed by atoms with Crippen LogP contribution in [0.15, 0.2) is 47.4 Å². The summed E-state index contributed by atoms with van der Waals surface area (Å²) in [6, 6.07) is 5.75. The van der Waals surface area contributed by atoms with Gasteiger partial charge in [0, 0.05) is 22.7 Å². The van der Waals surface area contributed by atoms with Gasteiger partial charge in [-0.1, -0.05) is 17.3 Å². The maximum atomic E-state index is 14.1. The molecule has 24 heavy (non-hydrogen) atoms. The van der Waals surface area contributed by atoms with Gasteiger partial charge in [-0.25, -0.2) is 13.8 Å². The van der Waals surface area contributed by atoms with Gasteiger partial charge in [-0.05, 0) is 12.1 Å². The molecule has 3 aromatic heterocycles. The molecule has 3 heterocycles. The standard InChI is InChI=1S/C17H11F2N3O2/c1-23-9-5-11-12(7-21-17(11)20-6-9)16-13(8-22-24-16)10-3-2-4-14(18)15(10)19/h2-8H,1H3,(H,20,21). The fraction of sp³-hybridized carbons (Fsp3) is 0.0588. The molecule has 0 saturated carbocycles. The molecule has 0 spiro atoms. The first kappa shape index (κ1) is 14.4. The smallest absolute Gasteiger partial charge is 0.176 e. The zero-order valence-electron chi connectivity index (χ0n) is 12.5. The second-order valence-corrected chi connectivity index (χ2v) is 5.14.